The van der Waals surface area contributed by atoms with Crippen LogP contribution in [-0.4, -0.2) is 56.3 Å². The second-order valence-corrected chi connectivity index (χ2v) is 11.0. The van der Waals surface area contributed by atoms with Crippen LogP contribution in [0.15, 0.2) is 47.4 Å². The predicted octanol–water partition coefficient (Wildman–Crippen LogP) is 4.07. The normalized spacial score (nSPS) is 15.0. The summed E-state index contributed by atoms with van der Waals surface area (Å²) < 4.78 is 50.1. The lowest BCUT2D eigenvalue weighted by Gasteiger charge is -2.31. The number of likely N-dealkylation sites (tertiary alicyclic amines) is 1. The summed E-state index contributed by atoms with van der Waals surface area (Å²) in [5, 5.41) is 0.504. The zero-order chi connectivity index (χ0) is 23.4. The molecule has 33 heavy (non-hydrogen) atoms. The van der Waals surface area contributed by atoms with E-state index in [-0.39, 0.29) is 41.3 Å². The molecule has 1 aromatic heterocycles. The van der Waals surface area contributed by atoms with Crippen LogP contribution in [0, 0.1) is 5.82 Å². The lowest BCUT2D eigenvalue weighted by atomic mass is 10.1. The molecule has 1 amide bonds. The van der Waals surface area contributed by atoms with Crippen LogP contribution in [0.25, 0.3) is 10.2 Å². The van der Waals surface area contributed by atoms with E-state index in [1.807, 2.05) is 0 Å². The lowest BCUT2D eigenvalue weighted by molar-refractivity contribution is -0.133. The first-order valence-electron chi connectivity index (χ1n) is 10.7. The molecule has 1 aliphatic heterocycles. The van der Waals surface area contributed by atoms with Crippen molar-refractivity contribution in [3.05, 3.63) is 48.3 Å². The van der Waals surface area contributed by atoms with E-state index in [1.165, 1.54) is 42.7 Å². The Hall–Kier alpha value is -2.72. The summed E-state index contributed by atoms with van der Waals surface area (Å²) >= 11 is 1.31. The molecule has 3 aromatic rings. The Balaban J connectivity index is 1.22. The number of benzene rings is 2. The van der Waals surface area contributed by atoms with Gasteiger partial charge in [0.15, 0.2) is 9.84 Å². The average molecular weight is 493 g/mol. The number of piperidine rings is 1. The Morgan fingerprint density at radius 1 is 1.18 bits per heavy atom. The minimum Gasteiger partial charge on any atom is -0.497 e. The molecule has 2 aromatic carbocycles. The van der Waals surface area contributed by atoms with Crippen LogP contribution < -0.4 is 9.47 Å². The fourth-order valence-corrected chi connectivity index (χ4v) is 5.98. The average Bonchev–Trinajstić information content (AvgIpc) is 3.20. The molecular weight excluding hydrogens is 467 g/mol. The quantitative estimate of drug-likeness (QED) is 0.471. The molecule has 1 saturated heterocycles. The first-order chi connectivity index (χ1) is 15.8. The number of carbonyl (C=O) groups is 1. The van der Waals surface area contributed by atoms with E-state index >= 15 is 0 Å². The van der Waals surface area contributed by atoms with Crippen molar-refractivity contribution >= 4 is 37.3 Å². The number of ether oxygens (including phenoxy) is 2. The van der Waals surface area contributed by atoms with Crippen LogP contribution in [0.1, 0.15) is 25.7 Å². The van der Waals surface area contributed by atoms with E-state index in [0.29, 0.717) is 42.4 Å². The second-order valence-electron chi connectivity index (χ2n) is 7.89. The lowest BCUT2D eigenvalue weighted by Crippen LogP contribution is -2.41. The number of hydrogen-bond acceptors (Lipinski definition) is 7. The molecule has 0 unspecified atom stereocenters. The molecule has 7 nitrogen and oxygen atoms in total. The zero-order valence-electron chi connectivity index (χ0n) is 18.2. The highest BCUT2D eigenvalue weighted by Gasteiger charge is 2.25. The third-order valence-electron chi connectivity index (χ3n) is 5.62. The molecule has 4 rings (SSSR count). The van der Waals surface area contributed by atoms with Crippen molar-refractivity contribution in [3.63, 3.8) is 0 Å². The maximum absolute atomic E-state index is 13.4. The highest BCUT2D eigenvalue weighted by molar-refractivity contribution is 7.91. The summed E-state index contributed by atoms with van der Waals surface area (Å²) in [6, 6.07) is 10.7. The molecule has 10 heteroatoms. The molecule has 0 radical (unpaired) electrons. The van der Waals surface area contributed by atoms with Crippen molar-refractivity contribution in [2.75, 3.05) is 26.0 Å². The van der Waals surface area contributed by atoms with Crippen molar-refractivity contribution in [1.82, 2.24) is 9.88 Å². The van der Waals surface area contributed by atoms with E-state index in [2.05, 4.69) is 4.98 Å². The number of fused-ring (bicyclic) bond motifs is 1. The van der Waals surface area contributed by atoms with Gasteiger partial charge in [-0.2, -0.15) is 0 Å². The van der Waals surface area contributed by atoms with Crippen molar-refractivity contribution in [2.24, 2.45) is 0 Å². The number of nitrogens with zero attached hydrogens (tertiary/aromatic N) is 2. The smallest absolute Gasteiger partial charge is 0.274 e. The highest BCUT2D eigenvalue weighted by Crippen LogP contribution is 2.30. The summed E-state index contributed by atoms with van der Waals surface area (Å²) in [6.45, 7) is 1.10. The van der Waals surface area contributed by atoms with Gasteiger partial charge >= 0.3 is 0 Å². The SMILES string of the molecule is COc1ccc(S(=O)(=O)CCCC(=O)N2CCC(Oc3nc4ccc(F)cc4s3)CC2)cc1. The monoisotopic (exact) mass is 492 g/mol. The van der Waals surface area contributed by atoms with Crippen LogP contribution in [0.3, 0.4) is 0 Å². The van der Waals surface area contributed by atoms with Crippen LogP contribution in [0.4, 0.5) is 4.39 Å². The summed E-state index contributed by atoms with van der Waals surface area (Å²) in [4.78, 5) is 18.9. The topological polar surface area (TPSA) is 85.8 Å². The standard InChI is InChI=1S/C23H25FN2O5S2/c1-30-17-5-7-19(8-6-17)33(28,29)14-2-3-22(27)26-12-10-18(11-13-26)31-23-25-20-9-4-16(24)15-21(20)32-23/h4-9,15,18H,2-3,10-14H2,1H3. The number of carbonyl (C=O) groups excluding carboxylic acids is 1. The van der Waals surface area contributed by atoms with Crippen LogP contribution in [0.2, 0.25) is 0 Å². The van der Waals surface area contributed by atoms with E-state index in [0.717, 1.165) is 4.70 Å². The molecule has 176 valence electrons. The molecular formula is C23H25FN2O5S2. The largest absolute Gasteiger partial charge is 0.497 e. The number of rotatable bonds is 8. The zero-order valence-corrected chi connectivity index (χ0v) is 19.8. The molecule has 0 spiro atoms. The molecule has 0 aliphatic carbocycles. The Labute approximate surface area is 196 Å². The number of hydrogen-bond donors (Lipinski definition) is 0. The highest BCUT2D eigenvalue weighted by atomic mass is 32.2. The van der Waals surface area contributed by atoms with Gasteiger partial charge in [0, 0.05) is 32.4 Å². The fraction of sp³-hybridized carbons (Fsp3) is 0.391. The van der Waals surface area contributed by atoms with Crippen molar-refractivity contribution in [1.29, 1.82) is 0 Å². The van der Waals surface area contributed by atoms with Gasteiger partial charge in [-0.3, -0.25) is 4.79 Å². The third-order valence-corrected chi connectivity index (χ3v) is 8.34. The number of thiazole rings is 1. The maximum Gasteiger partial charge on any atom is 0.274 e. The molecule has 0 saturated carbocycles. The maximum atomic E-state index is 13.4. The minimum atomic E-state index is -3.44. The first-order valence-corrected chi connectivity index (χ1v) is 13.2. The number of aromatic nitrogens is 1. The second kappa shape index (κ2) is 10.0. The number of halogens is 1. The molecule has 0 bridgehead atoms. The van der Waals surface area contributed by atoms with Gasteiger partial charge in [0.25, 0.3) is 5.19 Å². The van der Waals surface area contributed by atoms with Crippen LogP contribution in [-0.2, 0) is 14.6 Å². The minimum absolute atomic E-state index is 0.0474. The summed E-state index contributed by atoms with van der Waals surface area (Å²) in [6.07, 6.45) is 1.73. The summed E-state index contributed by atoms with van der Waals surface area (Å²) in [7, 11) is -1.92. The molecule has 2 heterocycles. The van der Waals surface area contributed by atoms with Crippen molar-refractivity contribution in [2.45, 2.75) is 36.7 Å². The van der Waals surface area contributed by atoms with E-state index < -0.39 is 9.84 Å². The van der Waals surface area contributed by atoms with Gasteiger partial charge in [-0.15, -0.1) is 0 Å². The van der Waals surface area contributed by atoms with Gasteiger partial charge in [0.2, 0.25) is 5.91 Å². The Morgan fingerprint density at radius 2 is 1.91 bits per heavy atom. The van der Waals surface area contributed by atoms with Gasteiger partial charge in [-0.1, -0.05) is 11.3 Å². The number of sulfone groups is 1. The van der Waals surface area contributed by atoms with Crippen LogP contribution >= 0.6 is 11.3 Å². The van der Waals surface area contributed by atoms with Gasteiger partial charge in [-0.25, -0.2) is 17.8 Å². The molecule has 1 fully saturated rings. The van der Waals surface area contributed by atoms with Gasteiger partial charge < -0.3 is 14.4 Å². The number of amides is 1. The summed E-state index contributed by atoms with van der Waals surface area (Å²) in [5.41, 5.74) is 0.702. The van der Waals surface area contributed by atoms with E-state index in [4.69, 9.17) is 9.47 Å². The Kier molecular flexibility index (Phi) is 7.14. The van der Waals surface area contributed by atoms with Crippen molar-refractivity contribution < 1.29 is 27.1 Å². The Bertz CT molecular complexity index is 1220. The van der Waals surface area contributed by atoms with Gasteiger partial charge in [0.1, 0.15) is 17.7 Å². The first kappa shape index (κ1) is 23.4. The summed E-state index contributed by atoms with van der Waals surface area (Å²) in [5.74, 6) is 0.159. The predicted molar refractivity (Wildman–Crippen MR) is 124 cm³/mol. The Morgan fingerprint density at radius 3 is 2.61 bits per heavy atom. The number of methoxy groups -OCH3 is 1. The fourth-order valence-electron chi connectivity index (χ4n) is 3.77. The third kappa shape index (κ3) is 5.80. The van der Waals surface area contributed by atoms with Crippen molar-refractivity contribution in [3.8, 4) is 10.9 Å². The molecule has 0 atom stereocenters. The molecule has 0 N–H and O–H groups in total. The molecule has 1 aliphatic rings. The van der Waals surface area contributed by atoms with E-state index in [1.54, 1.807) is 23.1 Å². The van der Waals surface area contributed by atoms with E-state index in [9.17, 15) is 17.6 Å². The van der Waals surface area contributed by atoms with Gasteiger partial charge in [-0.05, 0) is 48.9 Å². The van der Waals surface area contributed by atoms with Gasteiger partial charge in [0.05, 0.1) is 28.0 Å². The van der Waals surface area contributed by atoms with Crippen LogP contribution in [0.5, 0.6) is 10.9 Å².